The van der Waals surface area contributed by atoms with Crippen molar-refractivity contribution in [3.05, 3.63) is 23.8 Å². The van der Waals surface area contributed by atoms with Gasteiger partial charge in [-0.15, -0.1) is 0 Å². The van der Waals surface area contributed by atoms with E-state index in [9.17, 15) is 13.2 Å². The molecule has 1 aromatic carbocycles. The van der Waals surface area contributed by atoms with Gasteiger partial charge in [-0.3, -0.25) is 9.52 Å². The summed E-state index contributed by atoms with van der Waals surface area (Å²) in [5.41, 5.74) is 2.45. The number of amides is 1. The van der Waals surface area contributed by atoms with Gasteiger partial charge in [-0.1, -0.05) is 6.92 Å². The van der Waals surface area contributed by atoms with E-state index >= 15 is 0 Å². The van der Waals surface area contributed by atoms with Crippen LogP contribution in [-0.4, -0.2) is 27.4 Å². The van der Waals surface area contributed by atoms with Crippen LogP contribution in [0.15, 0.2) is 18.2 Å². The van der Waals surface area contributed by atoms with Crippen LogP contribution in [0.3, 0.4) is 0 Å². The third-order valence-electron chi connectivity index (χ3n) is 3.75. The maximum absolute atomic E-state index is 12.2. The zero-order valence-electron chi connectivity index (χ0n) is 11.9. The van der Waals surface area contributed by atoms with Crippen LogP contribution >= 0.6 is 0 Å². The molecule has 0 radical (unpaired) electrons. The van der Waals surface area contributed by atoms with Crippen molar-refractivity contribution in [3.63, 3.8) is 0 Å². The molecule has 0 atom stereocenters. The SMILES string of the molecule is CCNS(=O)(=O)Nc1ccc2c(c1)CCN2C(=O)C1CC1. The molecule has 1 aliphatic carbocycles. The molecule has 0 bridgehead atoms. The minimum atomic E-state index is -3.52. The van der Waals surface area contributed by atoms with E-state index in [4.69, 9.17) is 0 Å². The van der Waals surface area contributed by atoms with Crippen molar-refractivity contribution in [1.29, 1.82) is 0 Å². The largest absolute Gasteiger partial charge is 0.312 e. The molecule has 2 aliphatic rings. The molecule has 1 aromatic rings. The average Bonchev–Trinajstić information content (AvgIpc) is 3.18. The van der Waals surface area contributed by atoms with Crippen molar-refractivity contribution in [1.82, 2.24) is 4.72 Å². The Kier molecular flexibility index (Phi) is 3.62. The van der Waals surface area contributed by atoms with Crippen LogP contribution in [0.2, 0.25) is 0 Å². The Balaban J connectivity index is 1.78. The molecule has 0 aromatic heterocycles. The fourth-order valence-corrected chi connectivity index (χ4v) is 3.52. The first-order valence-electron chi connectivity index (χ1n) is 7.22. The number of anilines is 2. The molecule has 0 unspecified atom stereocenters. The molecule has 1 fully saturated rings. The molecule has 1 heterocycles. The average molecular weight is 309 g/mol. The second-order valence-electron chi connectivity index (χ2n) is 5.46. The lowest BCUT2D eigenvalue weighted by atomic mass is 10.1. The minimum absolute atomic E-state index is 0.197. The molecular weight excluding hydrogens is 290 g/mol. The van der Waals surface area contributed by atoms with Crippen LogP contribution in [0.4, 0.5) is 11.4 Å². The first-order chi connectivity index (χ1) is 10.00. The number of carbonyl (C=O) groups excluding carboxylic acids is 1. The first kappa shape index (κ1) is 14.3. The quantitative estimate of drug-likeness (QED) is 0.859. The number of hydrogen-bond acceptors (Lipinski definition) is 3. The van der Waals surface area contributed by atoms with Gasteiger partial charge >= 0.3 is 0 Å². The molecule has 1 aliphatic heterocycles. The van der Waals surface area contributed by atoms with Gasteiger partial charge in [-0.05, 0) is 43.0 Å². The highest BCUT2D eigenvalue weighted by molar-refractivity contribution is 7.90. The third kappa shape index (κ3) is 3.03. The number of fused-ring (bicyclic) bond motifs is 1. The summed E-state index contributed by atoms with van der Waals surface area (Å²) in [6.07, 6.45) is 2.75. The highest BCUT2D eigenvalue weighted by Crippen LogP contribution is 2.37. The lowest BCUT2D eigenvalue weighted by Crippen LogP contribution is -2.30. The molecular formula is C14H19N3O3S. The van der Waals surface area contributed by atoms with Gasteiger partial charge in [0, 0.05) is 24.7 Å². The van der Waals surface area contributed by atoms with E-state index in [1.165, 1.54) is 0 Å². The van der Waals surface area contributed by atoms with Crippen LogP contribution in [0.25, 0.3) is 0 Å². The third-order valence-corrected chi connectivity index (χ3v) is 4.93. The Morgan fingerprint density at radius 3 is 2.81 bits per heavy atom. The fourth-order valence-electron chi connectivity index (χ4n) is 2.63. The van der Waals surface area contributed by atoms with E-state index in [1.54, 1.807) is 13.0 Å². The summed E-state index contributed by atoms with van der Waals surface area (Å²) in [6, 6.07) is 5.34. The van der Waals surface area contributed by atoms with E-state index < -0.39 is 10.2 Å². The number of hydrogen-bond donors (Lipinski definition) is 2. The Bertz CT molecular complexity index is 668. The van der Waals surface area contributed by atoms with Gasteiger partial charge in [-0.25, -0.2) is 0 Å². The highest BCUT2D eigenvalue weighted by atomic mass is 32.2. The Hall–Kier alpha value is -1.60. The second-order valence-corrected chi connectivity index (χ2v) is 6.96. The molecule has 2 N–H and O–H groups in total. The van der Waals surface area contributed by atoms with Crippen molar-refractivity contribution in [3.8, 4) is 0 Å². The molecule has 3 rings (SSSR count). The van der Waals surface area contributed by atoms with Gasteiger partial charge in [0.25, 0.3) is 10.2 Å². The molecule has 7 heteroatoms. The van der Waals surface area contributed by atoms with Crippen molar-refractivity contribution < 1.29 is 13.2 Å². The van der Waals surface area contributed by atoms with Crippen LogP contribution in [-0.2, 0) is 21.4 Å². The number of rotatable bonds is 5. The normalized spacial score (nSPS) is 17.7. The molecule has 21 heavy (non-hydrogen) atoms. The van der Waals surface area contributed by atoms with Crippen molar-refractivity contribution in [2.45, 2.75) is 26.2 Å². The summed E-state index contributed by atoms with van der Waals surface area (Å²) < 4.78 is 28.2. The van der Waals surface area contributed by atoms with E-state index in [1.807, 2.05) is 17.0 Å². The maximum Gasteiger partial charge on any atom is 0.299 e. The predicted octanol–water partition coefficient (Wildman–Crippen LogP) is 1.25. The molecule has 0 saturated heterocycles. The first-order valence-corrected chi connectivity index (χ1v) is 8.70. The summed E-state index contributed by atoms with van der Waals surface area (Å²) in [6.45, 7) is 2.75. The standard InChI is InChI=1S/C14H19N3O3S/c1-2-15-21(19,20)16-12-5-6-13-11(9-12)7-8-17(13)14(18)10-3-4-10/h5-6,9-10,15-16H,2-4,7-8H2,1H3. The topological polar surface area (TPSA) is 78.5 Å². The van der Waals surface area contributed by atoms with Gasteiger partial charge in [0.1, 0.15) is 0 Å². The van der Waals surface area contributed by atoms with E-state index in [2.05, 4.69) is 9.44 Å². The van der Waals surface area contributed by atoms with Crippen LogP contribution in [0, 0.1) is 5.92 Å². The smallest absolute Gasteiger partial charge is 0.299 e. The van der Waals surface area contributed by atoms with Crippen LogP contribution in [0.1, 0.15) is 25.3 Å². The van der Waals surface area contributed by atoms with E-state index in [-0.39, 0.29) is 11.8 Å². The predicted molar refractivity (Wildman–Crippen MR) is 81.4 cm³/mol. The minimum Gasteiger partial charge on any atom is -0.312 e. The molecule has 6 nitrogen and oxygen atoms in total. The van der Waals surface area contributed by atoms with Gasteiger partial charge in [-0.2, -0.15) is 13.1 Å². The molecule has 1 saturated carbocycles. The van der Waals surface area contributed by atoms with Gasteiger partial charge < -0.3 is 4.90 Å². The van der Waals surface area contributed by atoms with Gasteiger partial charge in [0.15, 0.2) is 0 Å². The summed E-state index contributed by atoms with van der Waals surface area (Å²) in [5, 5.41) is 0. The molecule has 0 spiro atoms. The summed E-state index contributed by atoms with van der Waals surface area (Å²) >= 11 is 0. The van der Waals surface area contributed by atoms with Crippen LogP contribution < -0.4 is 14.3 Å². The number of nitrogens with zero attached hydrogens (tertiary/aromatic N) is 1. The van der Waals surface area contributed by atoms with Crippen LogP contribution in [0.5, 0.6) is 0 Å². The van der Waals surface area contributed by atoms with Gasteiger partial charge in [0.05, 0.1) is 5.69 Å². The number of carbonyl (C=O) groups is 1. The van der Waals surface area contributed by atoms with E-state index in [0.717, 1.165) is 30.5 Å². The van der Waals surface area contributed by atoms with Crippen molar-refractivity contribution in [2.75, 3.05) is 22.7 Å². The summed E-state index contributed by atoms with van der Waals surface area (Å²) in [5.74, 6) is 0.401. The van der Waals surface area contributed by atoms with Crippen molar-refractivity contribution >= 4 is 27.5 Å². The number of nitrogens with one attached hydrogen (secondary N) is 2. The fraction of sp³-hybridized carbons (Fsp3) is 0.500. The lowest BCUT2D eigenvalue weighted by Gasteiger charge is -2.17. The summed E-state index contributed by atoms with van der Waals surface area (Å²) in [4.78, 5) is 14.0. The zero-order valence-corrected chi connectivity index (χ0v) is 12.7. The monoisotopic (exact) mass is 309 g/mol. The Morgan fingerprint density at radius 1 is 1.38 bits per heavy atom. The summed E-state index contributed by atoms with van der Waals surface area (Å²) in [7, 11) is -3.52. The maximum atomic E-state index is 12.2. The van der Waals surface area contributed by atoms with E-state index in [0.29, 0.717) is 18.8 Å². The zero-order chi connectivity index (χ0) is 15.0. The Labute approximate surface area is 124 Å². The molecule has 1 amide bonds. The lowest BCUT2D eigenvalue weighted by molar-refractivity contribution is -0.119. The molecule has 114 valence electrons. The van der Waals surface area contributed by atoms with Crippen molar-refractivity contribution in [2.24, 2.45) is 5.92 Å². The highest BCUT2D eigenvalue weighted by Gasteiger charge is 2.36. The Morgan fingerprint density at radius 2 is 2.14 bits per heavy atom. The second kappa shape index (κ2) is 5.31. The van der Waals surface area contributed by atoms with Gasteiger partial charge in [0.2, 0.25) is 5.91 Å². The number of benzene rings is 1.